The minimum atomic E-state index is -3.51. The normalized spacial score (nSPS) is 15.7. The molecular weight excluding hydrogens is 428 g/mol. The number of carbonyl (C=O) groups excluding carboxylic acids is 1. The molecule has 0 unspecified atom stereocenters. The topological polar surface area (TPSA) is 91.3 Å². The third-order valence-electron chi connectivity index (χ3n) is 5.11. The molecule has 0 aromatic heterocycles. The maximum atomic E-state index is 12.8. The van der Waals surface area contributed by atoms with Crippen molar-refractivity contribution in [2.75, 3.05) is 39.3 Å². The summed E-state index contributed by atoms with van der Waals surface area (Å²) >= 11 is 0. The molecule has 1 heterocycles. The van der Waals surface area contributed by atoms with E-state index in [1.54, 1.807) is 30.5 Å². The van der Waals surface area contributed by atoms with Crippen LogP contribution in [0.1, 0.15) is 24.5 Å². The van der Waals surface area contributed by atoms with E-state index in [-0.39, 0.29) is 12.5 Å². The van der Waals surface area contributed by atoms with Gasteiger partial charge in [-0.1, -0.05) is 24.6 Å². The Morgan fingerprint density at radius 2 is 1.72 bits per heavy atom. The van der Waals surface area contributed by atoms with Gasteiger partial charge in [-0.05, 0) is 55.3 Å². The molecular formula is C23H30N4O4S. The fraction of sp³-hybridized carbons (Fsp3) is 0.391. The standard InChI is InChI=1S/C23H30N4O4S/c1-3-16-31-21-8-6-20(7-9-21)17-24-25-23(28)18-26-12-14-27(15-13-26)32(29,30)22-10-4-19(2)5-11-22/h4-11,17H,3,12-16,18H2,1-2H3,(H,25,28)/b24-17-. The molecule has 0 saturated carbocycles. The van der Waals surface area contributed by atoms with Gasteiger partial charge in [0.25, 0.3) is 5.91 Å². The van der Waals surface area contributed by atoms with Gasteiger partial charge < -0.3 is 4.74 Å². The Balaban J connectivity index is 1.43. The summed E-state index contributed by atoms with van der Waals surface area (Å²) in [6, 6.07) is 14.3. The van der Waals surface area contributed by atoms with Crippen molar-refractivity contribution in [1.82, 2.24) is 14.6 Å². The summed E-state index contributed by atoms with van der Waals surface area (Å²) in [5.74, 6) is 0.565. The first kappa shape index (κ1) is 23.9. The highest BCUT2D eigenvalue weighted by Gasteiger charge is 2.28. The lowest BCUT2D eigenvalue weighted by Crippen LogP contribution is -2.50. The molecule has 0 radical (unpaired) electrons. The van der Waals surface area contributed by atoms with Gasteiger partial charge in [0.1, 0.15) is 5.75 Å². The van der Waals surface area contributed by atoms with Gasteiger partial charge >= 0.3 is 0 Å². The molecule has 0 bridgehead atoms. The summed E-state index contributed by atoms with van der Waals surface area (Å²) in [5.41, 5.74) is 4.39. The maximum absolute atomic E-state index is 12.8. The molecule has 1 aliphatic heterocycles. The van der Waals surface area contributed by atoms with E-state index in [9.17, 15) is 13.2 Å². The van der Waals surface area contributed by atoms with E-state index in [1.165, 1.54) is 4.31 Å². The highest BCUT2D eigenvalue weighted by Crippen LogP contribution is 2.18. The number of carbonyl (C=O) groups is 1. The first-order valence-corrected chi connectivity index (χ1v) is 12.2. The Kier molecular flexibility index (Phi) is 8.38. The Morgan fingerprint density at radius 1 is 1.06 bits per heavy atom. The molecule has 1 aliphatic rings. The Bertz CT molecular complexity index is 1010. The molecule has 172 valence electrons. The molecule has 1 fully saturated rings. The summed E-state index contributed by atoms with van der Waals surface area (Å²) in [6.07, 6.45) is 2.53. The molecule has 9 heteroatoms. The number of nitrogens with zero attached hydrogens (tertiary/aromatic N) is 3. The summed E-state index contributed by atoms with van der Waals surface area (Å²) in [6.45, 7) is 6.48. The third-order valence-corrected chi connectivity index (χ3v) is 7.03. The molecule has 1 amide bonds. The van der Waals surface area contributed by atoms with E-state index in [0.717, 1.165) is 23.3 Å². The average molecular weight is 459 g/mol. The van der Waals surface area contributed by atoms with Gasteiger partial charge in [0.15, 0.2) is 0 Å². The van der Waals surface area contributed by atoms with Crippen LogP contribution >= 0.6 is 0 Å². The number of rotatable bonds is 9. The highest BCUT2D eigenvalue weighted by molar-refractivity contribution is 7.89. The zero-order valence-electron chi connectivity index (χ0n) is 18.5. The zero-order chi connectivity index (χ0) is 23.0. The van der Waals surface area contributed by atoms with Crippen molar-refractivity contribution in [2.45, 2.75) is 25.2 Å². The maximum Gasteiger partial charge on any atom is 0.254 e. The van der Waals surface area contributed by atoms with Crippen LogP contribution in [0.2, 0.25) is 0 Å². The number of hydrogen-bond acceptors (Lipinski definition) is 6. The molecule has 8 nitrogen and oxygen atoms in total. The monoisotopic (exact) mass is 458 g/mol. The lowest BCUT2D eigenvalue weighted by atomic mass is 10.2. The minimum Gasteiger partial charge on any atom is -0.494 e. The van der Waals surface area contributed by atoms with Crippen LogP contribution in [0.4, 0.5) is 0 Å². The van der Waals surface area contributed by atoms with E-state index in [4.69, 9.17) is 4.74 Å². The number of benzene rings is 2. The lowest BCUT2D eigenvalue weighted by Gasteiger charge is -2.33. The van der Waals surface area contributed by atoms with Gasteiger partial charge in [-0.15, -0.1) is 0 Å². The highest BCUT2D eigenvalue weighted by atomic mass is 32.2. The van der Waals surface area contributed by atoms with Crippen LogP contribution in [-0.2, 0) is 14.8 Å². The van der Waals surface area contributed by atoms with Crippen LogP contribution in [0.5, 0.6) is 5.75 Å². The quantitative estimate of drug-likeness (QED) is 0.460. The van der Waals surface area contributed by atoms with Crippen LogP contribution in [-0.4, -0.2) is 69.1 Å². The number of amides is 1. The number of hydrazone groups is 1. The smallest absolute Gasteiger partial charge is 0.254 e. The molecule has 2 aromatic rings. The molecule has 0 spiro atoms. The largest absolute Gasteiger partial charge is 0.494 e. The second kappa shape index (κ2) is 11.2. The Labute approximate surface area is 189 Å². The predicted molar refractivity (Wildman–Crippen MR) is 124 cm³/mol. The van der Waals surface area contributed by atoms with Crippen LogP contribution in [0, 0.1) is 6.92 Å². The second-order valence-corrected chi connectivity index (χ2v) is 9.64. The van der Waals surface area contributed by atoms with E-state index in [1.807, 2.05) is 36.1 Å². The third kappa shape index (κ3) is 6.62. The molecule has 32 heavy (non-hydrogen) atoms. The van der Waals surface area contributed by atoms with E-state index in [0.29, 0.717) is 37.7 Å². The van der Waals surface area contributed by atoms with Crippen molar-refractivity contribution in [3.8, 4) is 5.75 Å². The van der Waals surface area contributed by atoms with Crippen LogP contribution in [0.3, 0.4) is 0 Å². The van der Waals surface area contributed by atoms with Gasteiger partial charge in [0.05, 0.1) is 24.3 Å². The van der Waals surface area contributed by atoms with Crippen LogP contribution < -0.4 is 10.2 Å². The van der Waals surface area contributed by atoms with Crippen molar-refractivity contribution in [3.63, 3.8) is 0 Å². The molecule has 1 saturated heterocycles. The van der Waals surface area contributed by atoms with E-state index >= 15 is 0 Å². The number of aryl methyl sites for hydroxylation is 1. The number of ether oxygens (including phenoxy) is 1. The van der Waals surface area contributed by atoms with Gasteiger partial charge in [0, 0.05) is 26.2 Å². The molecule has 0 atom stereocenters. The zero-order valence-corrected chi connectivity index (χ0v) is 19.3. The van der Waals surface area contributed by atoms with Crippen LogP contribution in [0.15, 0.2) is 58.5 Å². The van der Waals surface area contributed by atoms with Crippen molar-refractivity contribution < 1.29 is 17.9 Å². The van der Waals surface area contributed by atoms with Crippen molar-refractivity contribution in [1.29, 1.82) is 0 Å². The summed E-state index contributed by atoms with van der Waals surface area (Å²) < 4.78 is 32.6. The van der Waals surface area contributed by atoms with E-state index < -0.39 is 10.0 Å². The minimum absolute atomic E-state index is 0.166. The first-order chi connectivity index (χ1) is 15.4. The Morgan fingerprint density at radius 3 is 2.34 bits per heavy atom. The Hall–Kier alpha value is -2.75. The number of sulfonamides is 1. The molecule has 3 rings (SSSR count). The van der Waals surface area contributed by atoms with Gasteiger partial charge in [-0.25, -0.2) is 13.8 Å². The average Bonchev–Trinajstić information content (AvgIpc) is 2.79. The fourth-order valence-corrected chi connectivity index (χ4v) is 4.70. The molecule has 0 aliphatic carbocycles. The number of nitrogens with one attached hydrogen (secondary N) is 1. The summed E-state index contributed by atoms with van der Waals surface area (Å²) in [7, 11) is -3.51. The summed E-state index contributed by atoms with van der Waals surface area (Å²) in [4.78, 5) is 14.4. The van der Waals surface area contributed by atoms with Crippen LogP contribution in [0.25, 0.3) is 0 Å². The van der Waals surface area contributed by atoms with Gasteiger partial charge in [-0.2, -0.15) is 9.41 Å². The summed E-state index contributed by atoms with van der Waals surface area (Å²) in [5, 5.41) is 4.00. The second-order valence-electron chi connectivity index (χ2n) is 7.70. The van der Waals surface area contributed by atoms with Gasteiger partial charge in [-0.3, -0.25) is 9.69 Å². The molecule has 2 aromatic carbocycles. The number of piperazine rings is 1. The van der Waals surface area contributed by atoms with Crippen molar-refractivity contribution in [2.24, 2.45) is 5.10 Å². The van der Waals surface area contributed by atoms with E-state index in [2.05, 4.69) is 17.5 Å². The van der Waals surface area contributed by atoms with Gasteiger partial charge in [0.2, 0.25) is 10.0 Å². The fourth-order valence-electron chi connectivity index (χ4n) is 3.27. The first-order valence-electron chi connectivity index (χ1n) is 10.7. The van der Waals surface area contributed by atoms with Crippen molar-refractivity contribution in [3.05, 3.63) is 59.7 Å². The van der Waals surface area contributed by atoms with Crippen molar-refractivity contribution >= 4 is 22.1 Å². The lowest BCUT2D eigenvalue weighted by molar-refractivity contribution is -0.122. The number of hydrogen-bond donors (Lipinski definition) is 1. The SMILES string of the molecule is CCCOc1ccc(/C=N\NC(=O)CN2CCN(S(=O)(=O)c3ccc(C)cc3)CC2)cc1. The predicted octanol–water partition coefficient (Wildman–Crippen LogP) is 2.24. The molecule has 1 N–H and O–H groups in total.